The molecule has 2 heterocycles. The van der Waals surface area contributed by atoms with E-state index in [9.17, 15) is 29.2 Å². The quantitative estimate of drug-likeness (QED) is 0.496. The summed E-state index contributed by atoms with van der Waals surface area (Å²) in [6.07, 6.45) is -5.33. The van der Waals surface area contributed by atoms with Gasteiger partial charge in [0.05, 0.1) is 17.1 Å². The van der Waals surface area contributed by atoms with Gasteiger partial charge in [0.15, 0.2) is 12.4 Å². The fourth-order valence-corrected chi connectivity index (χ4v) is 2.72. The Morgan fingerprint density at radius 1 is 1.31 bits per heavy atom. The van der Waals surface area contributed by atoms with Gasteiger partial charge in [0.25, 0.3) is 11.2 Å². The third kappa shape index (κ3) is 3.03. The Hall–Kier alpha value is -2.89. The highest BCUT2D eigenvalue weighted by atomic mass is 19.1. The molecule has 1 aliphatic rings. The van der Waals surface area contributed by atoms with Gasteiger partial charge < -0.3 is 14.9 Å². The number of non-ortho nitro benzene ring substituents is 1. The molecule has 3 N–H and O–H groups in total. The molecule has 0 radical (unpaired) electrons. The number of H-pyrrole nitrogens is 1. The van der Waals surface area contributed by atoms with E-state index in [2.05, 4.69) is 0 Å². The number of ether oxygens (including phenoxy) is 1. The van der Waals surface area contributed by atoms with Gasteiger partial charge in [0.1, 0.15) is 12.2 Å². The predicted molar refractivity (Wildman–Crippen MR) is 85.3 cm³/mol. The molecule has 0 unspecified atom stereocenters. The molecule has 0 saturated carbocycles. The number of aromatic amines is 1. The van der Waals surface area contributed by atoms with E-state index in [1.807, 2.05) is 4.98 Å². The number of halogens is 1. The summed E-state index contributed by atoms with van der Waals surface area (Å²) in [4.78, 5) is 36.2. The molecule has 10 nitrogen and oxygen atoms in total. The summed E-state index contributed by atoms with van der Waals surface area (Å²) in [5.41, 5.74) is -1.70. The second-order valence-electron chi connectivity index (χ2n) is 5.70. The van der Waals surface area contributed by atoms with E-state index in [1.165, 1.54) is 24.3 Å². The van der Waals surface area contributed by atoms with E-state index in [-0.39, 0.29) is 16.8 Å². The lowest BCUT2D eigenvalue weighted by Crippen LogP contribution is -2.36. The summed E-state index contributed by atoms with van der Waals surface area (Å²) in [6, 6.07) is 4.98. The number of hydrogen-bond donors (Lipinski definition) is 3. The maximum Gasteiger partial charge on any atom is 0.330 e. The van der Waals surface area contributed by atoms with Crippen molar-refractivity contribution >= 4 is 5.69 Å². The molecule has 0 spiro atoms. The number of rotatable bonds is 4. The first-order chi connectivity index (χ1) is 12.3. The number of hydrogen-bond acceptors (Lipinski definition) is 7. The summed E-state index contributed by atoms with van der Waals surface area (Å²) in [6.45, 7) is -0.647. The molecule has 1 fully saturated rings. The maximum absolute atomic E-state index is 14.2. The molecule has 1 aromatic carbocycles. The topological polar surface area (TPSA) is 148 Å². The first-order valence-corrected chi connectivity index (χ1v) is 7.52. The van der Waals surface area contributed by atoms with E-state index >= 15 is 0 Å². The highest BCUT2D eigenvalue weighted by Crippen LogP contribution is 2.31. The number of nitro groups is 1. The number of aromatic nitrogens is 2. The van der Waals surface area contributed by atoms with Gasteiger partial charge in [0.2, 0.25) is 0 Å². The van der Waals surface area contributed by atoms with E-state index in [0.29, 0.717) is 0 Å². The minimum absolute atomic E-state index is 0.0442. The molecule has 0 amide bonds. The van der Waals surface area contributed by atoms with Crippen LogP contribution < -0.4 is 11.2 Å². The molecular weight excluding hydrogens is 353 g/mol. The highest BCUT2D eigenvalue weighted by Gasteiger charge is 2.45. The van der Waals surface area contributed by atoms with Crippen LogP contribution in [-0.4, -0.2) is 49.7 Å². The van der Waals surface area contributed by atoms with Gasteiger partial charge in [-0.05, 0) is 17.7 Å². The van der Waals surface area contributed by atoms with E-state index in [4.69, 9.17) is 9.84 Å². The lowest BCUT2D eigenvalue weighted by Gasteiger charge is -2.16. The molecule has 138 valence electrons. The molecular formula is C15H14FN3O7. The second-order valence-corrected chi connectivity index (χ2v) is 5.70. The van der Waals surface area contributed by atoms with Crippen molar-refractivity contribution in [2.75, 3.05) is 6.61 Å². The van der Waals surface area contributed by atoms with Crippen molar-refractivity contribution < 1.29 is 24.3 Å². The summed E-state index contributed by atoms with van der Waals surface area (Å²) < 4.78 is 20.2. The fraction of sp³-hybridized carbons (Fsp3) is 0.333. The van der Waals surface area contributed by atoms with Gasteiger partial charge in [-0.25, -0.2) is 9.18 Å². The zero-order valence-electron chi connectivity index (χ0n) is 13.1. The van der Waals surface area contributed by atoms with Crippen LogP contribution in [0.2, 0.25) is 0 Å². The second kappa shape index (κ2) is 6.78. The lowest BCUT2D eigenvalue weighted by molar-refractivity contribution is -0.384. The molecule has 1 aliphatic heterocycles. The smallest absolute Gasteiger partial charge is 0.330 e. The largest absolute Gasteiger partial charge is 0.394 e. The summed E-state index contributed by atoms with van der Waals surface area (Å²) in [5.74, 6) is 0. The third-order valence-corrected chi connectivity index (χ3v) is 4.10. The lowest BCUT2D eigenvalue weighted by atomic mass is 10.1. The molecule has 1 aromatic heterocycles. The van der Waals surface area contributed by atoms with Crippen molar-refractivity contribution in [1.29, 1.82) is 0 Å². The minimum atomic E-state index is -2.00. The van der Waals surface area contributed by atoms with Gasteiger partial charge >= 0.3 is 5.69 Å². The zero-order valence-corrected chi connectivity index (χ0v) is 13.1. The van der Waals surface area contributed by atoms with Crippen molar-refractivity contribution in [2.24, 2.45) is 0 Å². The number of nitrogens with one attached hydrogen (secondary N) is 1. The number of nitro benzene ring substituents is 1. The van der Waals surface area contributed by atoms with Crippen LogP contribution in [0.15, 0.2) is 40.1 Å². The Kier molecular flexibility index (Phi) is 4.68. The van der Waals surface area contributed by atoms with Gasteiger partial charge in [-0.15, -0.1) is 0 Å². The highest BCUT2D eigenvalue weighted by molar-refractivity contribution is 5.62. The van der Waals surface area contributed by atoms with E-state index in [1.54, 1.807) is 0 Å². The molecule has 2 aromatic rings. The van der Waals surface area contributed by atoms with Crippen LogP contribution in [-0.2, 0) is 4.74 Å². The first-order valence-electron chi connectivity index (χ1n) is 7.52. The molecule has 11 heteroatoms. The molecule has 26 heavy (non-hydrogen) atoms. The molecule has 3 rings (SSSR count). The zero-order chi connectivity index (χ0) is 19.0. The van der Waals surface area contributed by atoms with E-state index < -0.39 is 47.4 Å². The number of benzene rings is 1. The van der Waals surface area contributed by atoms with Crippen molar-refractivity contribution in [3.63, 3.8) is 0 Å². The molecule has 0 aliphatic carbocycles. The summed E-state index contributed by atoms with van der Waals surface area (Å²) >= 11 is 0. The van der Waals surface area contributed by atoms with Crippen molar-refractivity contribution in [3.8, 4) is 11.1 Å². The summed E-state index contributed by atoms with van der Waals surface area (Å²) in [5, 5.41) is 29.5. The van der Waals surface area contributed by atoms with Gasteiger partial charge in [-0.3, -0.25) is 24.5 Å². The predicted octanol–water partition coefficient (Wildman–Crippen LogP) is -0.299. The van der Waals surface area contributed by atoms with Crippen LogP contribution in [0, 0.1) is 10.1 Å². The van der Waals surface area contributed by atoms with E-state index in [0.717, 1.165) is 10.8 Å². The molecule has 0 bridgehead atoms. The average Bonchev–Trinajstić information content (AvgIpc) is 2.90. The number of alkyl halides is 1. The van der Waals surface area contributed by atoms with Crippen LogP contribution in [0.1, 0.15) is 6.23 Å². The average molecular weight is 367 g/mol. The van der Waals surface area contributed by atoms with Crippen LogP contribution in [0.5, 0.6) is 0 Å². The van der Waals surface area contributed by atoms with Crippen LogP contribution in [0.4, 0.5) is 10.1 Å². The molecule has 4 atom stereocenters. The Morgan fingerprint density at radius 3 is 2.50 bits per heavy atom. The fourth-order valence-electron chi connectivity index (χ4n) is 2.72. The Labute approximate surface area is 144 Å². The normalized spacial score (nSPS) is 25.3. The number of aliphatic hydroxyl groups is 2. The molecule has 1 saturated heterocycles. The van der Waals surface area contributed by atoms with Gasteiger partial charge in [-0.2, -0.15) is 0 Å². The number of nitrogens with zero attached hydrogens (tertiary/aromatic N) is 2. The maximum atomic E-state index is 14.2. The Bertz CT molecular complexity index is 939. The van der Waals surface area contributed by atoms with Crippen LogP contribution >= 0.6 is 0 Å². The SMILES string of the molecule is O=c1[nH]c(=O)n([C@@H]2O[C@H](CO)[C@@H](O)[C@@H]2F)cc1-c1ccc([N+](=O)[O-])cc1. The first kappa shape index (κ1) is 17.9. The number of aliphatic hydroxyl groups excluding tert-OH is 2. The van der Waals surface area contributed by atoms with Crippen LogP contribution in [0.3, 0.4) is 0 Å². The minimum Gasteiger partial charge on any atom is -0.394 e. The van der Waals surface area contributed by atoms with Crippen molar-refractivity contribution in [3.05, 3.63) is 61.4 Å². The van der Waals surface area contributed by atoms with Crippen LogP contribution in [0.25, 0.3) is 11.1 Å². The van der Waals surface area contributed by atoms with Gasteiger partial charge in [0, 0.05) is 18.3 Å². The standard InChI is InChI=1S/C15H14FN3O7/c16-11-12(21)10(6-20)26-14(11)18-5-9(13(22)17-15(18)23)7-1-3-8(4-2-7)19(24)25/h1-5,10-12,14,20-21H,6H2,(H,17,22,23)/t10-,11+,12-,14-/m1/s1. The Balaban J connectivity index is 2.04. The summed E-state index contributed by atoms with van der Waals surface area (Å²) in [7, 11) is 0. The van der Waals surface area contributed by atoms with Crippen molar-refractivity contribution in [2.45, 2.75) is 24.6 Å². The van der Waals surface area contributed by atoms with Gasteiger partial charge in [-0.1, -0.05) is 0 Å². The van der Waals surface area contributed by atoms with Crippen molar-refractivity contribution in [1.82, 2.24) is 9.55 Å². The third-order valence-electron chi connectivity index (χ3n) is 4.10. The Morgan fingerprint density at radius 2 is 1.96 bits per heavy atom. The monoisotopic (exact) mass is 367 g/mol.